The van der Waals surface area contributed by atoms with Gasteiger partial charge in [-0.1, -0.05) is 39.0 Å². The Labute approximate surface area is 167 Å². The summed E-state index contributed by atoms with van der Waals surface area (Å²) < 4.78 is 5.82. The van der Waals surface area contributed by atoms with Crippen molar-refractivity contribution >= 4 is 17.8 Å². The fourth-order valence-corrected chi connectivity index (χ4v) is 2.70. The van der Waals surface area contributed by atoms with Gasteiger partial charge in [-0.05, 0) is 54.3 Å². The number of carbonyl (C=O) groups is 2. The second-order valence-electron chi connectivity index (χ2n) is 7.27. The van der Waals surface area contributed by atoms with Gasteiger partial charge in [-0.2, -0.15) is 0 Å². The van der Waals surface area contributed by atoms with Crippen molar-refractivity contribution in [1.29, 1.82) is 0 Å². The minimum atomic E-state index is -0.111. The molecule has 0 aliphatic heterocycles. The molecule has 148 valence electrons. The molecule has 0 aromatic heterocycles. The lowest BCUT2D eigenvalue weighted by Gasteiger charge is -2.12. The zero-order valence-electron chi connectivity index (χ0n) is 17.4. The molecule has 0 atom stereocenters. The van der Waals surface area contributed by atoms with Gasteiger partial charge in [-0.15, -0.1) is 0 Å². The average molecular weight is 380 g/mol. The molecule has 4 heteroatoms. The molecule has 0 aliphatic rings. The maximum absolute atomic E-state index is 12.6. The Morgan fingerprint density at radius 1 is 1.04 bits per heavy atom. The van der Waals surface area contributed by atoms with E-state index in [9.17, 15) is 9.59 Å². The van der Waals surface area contributed by atoms with Gasteiger partial charge in [0.05, 0.1) is 6.61 Å². The topological polar surface area (TPSA) is 46.6 Å². The zero-order chi connectivity index (χ0) is 20.7. The summed E-state index contributed by atoms with van der Waals surface area (Å²) >= 11 is 0. The number of hydrogen-bond donors (Lipinski definition) is 0. The Kier molecular flexibility index (Phi) is 7.56. The summed E-state index contributed by atoms with van der Waals surface area (Å²) in [5.41, 5.74) is 3.20. The standard InChI is InChI=1S/C24H29NO3/c1-6-15-28-23-14-12-20(17(2)3)16-21(23)11-13-22(26)18-7-9-19(10-8-18)24(27)25(4)5/h7-14,16-17H,6,15H2,1-5H3/b13-11+. The summed E-state index contributed by atoms with van der Waals surface area (Å²) in [5, 5.41) is 0. The van der Waals surface area contributed by atoms with Crippen LogP contribution in [-0.4, -0.2) is 37.3 Å². The lowest BCUT2D eigenvalue weighted by molar-refractivity contribution is 0.0827. The first-order valence-electron chi connectivity index (χ1n) is 9.64. The molecule has 0 fully saturated rings. The molecule has 0 spiro atoms. The van der Waals surface area contributed by atoms with Crippen LogP contribution in [0.4, 0.5) is 0 Å². The van der Waals surface area contributed by atoms with E-state index >= 15 is 0 Å². The van der Waals surface area contributed by atoms with E-state index in [0.717, 1.165) is 17.7 Å². The minimum Gasteiger partial charge on any atom is -0.493 e. The van der Waals surface area contributed by atoms with E-state index in [1.54, 1.807) is 50.5 Å². The summed E-state index contributed by atoms with van der Waals surface area (Å²) in [5.74, 6) is 0.977. The largest absolute Gasteiger partial charge is 0.493 e. The number of ketones is 1. The molecule has 0 saturated carbocycles. The number of rotatable bonds is 8. The van der Waals surface area contributed by atoms with Gasteiger partial charge < -0.3 is 9.64 Å². The van der Waals surface area contributed by atoms with Crippen molar-refractivity contribution in [3.8, 4) is 5.75 Å². The van der Waals surface area contributed by atoms with Crippen molar-refractivity contribution in [2.24, 2.45) is 0 Å². The molecule has 2 aromatic carbocycles. The molecule has 28 heavy (non-hydrogen) atoms. The van der Waals surface area contributed by atoms with Crippen LogP contribution in [-0.2, 0) is 0 Å². The molecule has 1 amide bonds. The number of benzene rings is 2. The van der Waals surface area contributed by atoms with E-state index in [-0.39, 0.29) is 11.7 Å². The molecule has 2 aromatic rings. The van der Waals surface area contributed by atoms with Crippen LogP contribution in [0.25, 0.3) is 6.08 Å². The second kappa shape index (κ2) is 9.88. The summed E-state index contributed by atoms with van der Waals surface area (Å²) in [4.78, 5) is 26.0. The summed E-state index contributed by atoms with van der Waals surface area (Å²) in [6, 6.07) is 12.8. The summed E-state index contributed by atoms with van der Waals surface area (Å²) in [6.07, 6.45) is 4.28. The smallest absolute Gasteiger partial charge is 0.253 e. The molecule has 0 heterocycles. The van der Waals surface area contributed by atoms with E-state index in [1.165, 1.54) is 10.5 Å². The van der Waals surface area contributed by atoms with Crippen molar-refractivity contribution in [1.82, 2.24) is 4.90 Å². The van der Waals surface area contributed by atoms with E-state index in [1.807, 2.05) is 6.07 Å². The van der Waals surface area contributed by atoms with Crippen LogP contribution < -0.4 is 4.74 Å². The monoisotopic (exact) mass is 379 g/mol. The lowest BCUT2D eigenvalue weighted by Crippen LogP contribution is -2.21. The Morgan fingerprint density at radius 2 is 1.68 bits per heavy atom. The predicted molar refractivity (Wildman–Crippen MR) is 114 cm³/mol. The molecule has 0 saturated heterocycles. The van der Waals surface area contributed by atoms with Crippen LogP contribution >= 0.6 is 0 Å². The minimum absolute atomic E-state index is 0.0854. The molecule has 4 nitrogen and oxygen atoms in total. The van der Waals surface area contributed by atoms with Crippen molar-refractivity contribution in [2.45, 2.75) is 33.1 Å². The van der Waals surface area contributed by atoms with Crippen molar-refractivity contribution < 1.29 is 14.3 Å². The first-order chi connectivity index (χ1) is 13.3. The van der Waals surface area contributed by atoms with Crippen LogP contribution in [0.15, 0.2) is 48.5 Å². The van der Waals surface area contributed by atoms with Gasteiger partial charge in [0, 0.05) is 30.8 Å². The maximum atomic E-state index is 12.6. The van der Waals surface area contributed by atoms with Gasteiger partial charge in [0.2, 0.25) is 0 Å². The van der Waals surface area contributed by atoms with Gasteiger partial charge in [0.1, 0.15) is 5.75 Å². The van der Waals surface area contributed by atoms with Gasteiger partial charge >= 0.3 is 0 Å². The number of carbonyl (C=O) groups excluding carboxylic acids is 2. The molecule has 0 radical (unpaired) electrons. The number of ether oxygens (including phenoxy) is 1. The molecule has 0 bridgehead atoms. The number of hydrogen-bond acceptors (Lipinski definition) is 3. The quantitative estimate of drug-likeness (QED) is 0.468. The molecular weight excluding hydrogens is 350 g/mol. The highest BCUT2D eigenvalue weighted by Crippen LogP contribution is 2.26. The van der Waals surface area contributed by atoms with Crippen LogP contribution in [0.2, 0.25) is 0 Å². The number of allylic oxidation sites excluding steroid dienone is 1. The SMILES string of the molecule is CCCOc1ccc(C(C)C)cc1/C=C/C(=O)c1ccc(C(=O)N(C)C)cc1. The van der Waals surface area contributed by atoms with Gasteiger partial charge in [0.25, 0.3) is 5.91 Å². The third-order valence-electron chi connectivity index (χ3n) is 4.40. The normalized spacial score (nSPS) is 11.1. The Morgan fingerprint density at radius 3 is 2.25 bits per heavy atom. The second-order valence-corrected chi connectivity index (χ2v) is 7.27. The maximum Gasteiger partial charge on any atom is 0.253 e. The fourth-order valence-electron chi connectivity index (χ4n) is 2.70. The Balaban J connectivity index is 2.22. The average Bonchev–Trinajstić information content (AvgIpc) is 2.70. The fraction of sp³-hybridized carbons (Fsp3) is 0.333. The van der Waals surface area contributed by atoms with Crippen LogP contribution in [0.3, 0.4) is 0 Å². The van der Waals surface area contributed by atoms with Gasteiger partial charge in [-0.25, -0.2) is 0 Å². The highest BCUT2D eigenvalue weighted by atomic mass is 16.5. The van der Waals surface area contributed by atoms with Crippen LogP contribution in [0, 0.1) is 0 Å². The number of amides is 1. The molecule has 0 unspecified atom stereocenters. The first-order valence-corrected chi connectivity index (χ1v) is 9.64. The van der Waals surface area contributed by atoms with Crippen LogP contribution in [0.5, 0.6) is 5.75 Å². The lowest BCUT2D eigenvalue weighted by atomic mass is 9.99. The zero-order valence-corrected chi connectivity index (χ0v) is 17.4. The van der Waals surface area contributed by atoms with Gasteiger partial charge in [0.15, 0.2) is 5.78 Å². The Hall–Kier alpha value is -2.88. The van der Waals surface area contributed by atoms with E-state index in [0.29, 0.717) is 23.7 Å². The molecule has 0 aliphatic carbocycles. The summed E-state index contributed by atoms with van der Waals surface area (Å²) in [7, 11) is 3.40. The van der Waals surface area contributed by atoms with Crippen molar-refractivity contribution in [3.63, 3.8) is 0 Å². The predicted octanol–water partition coefficient (Wildman–Crippen LogP) is 5.20. The molecule has 2 rings (SSSR count). The van der Waals surface area contributed by atoms with Crippen molar-refractivity contribution in [2.75, 3.05) is 20.7 Å². The third-order valence-corrected chi connectivity index (χ3v) is 4.40. The highest BCUT2D eigenvalue weighted by molar-refractivity contribution is 6.07. The van der Waals surface area contributed by atoms with E-state index < -0.39 is 0 Å². The number of nitrogens with zero attached hydrogens (tertiary/aromatic N) is 1. The van der Waals surface area contributed by atoms with E-state index in [2.05, 4.69) is 32.9 Å². The highest BCUT2D eigenvalue weighted by Gasteiger charge is 2.10. The molecule has 0 N–H and O–H groups in total. The van der Waals surface area contributed by atoms with Crippen molar-refractivity contribution in [3.05, 3.63) is 70.8 Å². The molecular formula is C24H29NO3. The van der Waals surface area contributed by atoms with Crippen LogP contribution in [0.1, 0.15) is 65.0 Å². The summed E-state index contributed by atoms with van der Waals surface area (Å²) in [6.45, 7) is 6.97. The van der Waals surface area contributed by atoms with E-state index in [4.69, 9.17) is 4.74 Å². The third kappa shape index (κ3) is 5.56. The van der Waals surface area contributed by atoms with Gasteiger partial charge in [-0.3, -0.25) is 9.59 Å². The first kappa shape index (κ1) is 21.4. The Bertz CT molecular complexity index is 849.